The van der Waals surface area contributed by atoms with Crippen LogP contribution in [0.25, 0.3) is 10.2 Å². The number of carbonyl (C=O) groups excluding carboxylic acids is 2. The number of rotatable bonds is 8. The van der Waals surface area contributed by atoms with Crippen LogP contribution in [0.5, 0.6) is 0 Å². The summed E-state index contributed by atoms with van der Waals surface area (Å²) in [6, 6.07) is 15.3. The number of nitrogens with zero attached hydrogens (tertiary/aromatic N) is 1. The Hall–Kier alpha value is -2.64. The van der Waals surface area contributed by atoms with Crippen molar-refractivity contribution in [1.29, 1.82) is 0 Å². The molecular formula is C21H20N2O3S2. The summed E-state index contributed by atoms with van der Waals surface area (Å²) in [7, 11) is 0. The Morgan fingerprint density at radius 1 is 1.25 bits per heavy atom. The molecule has 7 heteroatoms. The van der Waals surface area contributed by atoms with Crippen molar-refractivity contribution >= 4 is 45.2 Å². The summed E-state index contributed by atoms with van der Waals surface area (Å²) in [6.07, 6.45) is 0.693. The molecule has 28 heavy (non-hydrogen) atoms. The van der Waals surface area contributed by atoms with Crippen molar-refractivity contribution in [3.63, 3.8) is 0 Å². The van der Waals surface area contributed by atoms with Crippen LogP contribution in [0, 0.1) is 0 Å². The number of hydrogen-bond acceptors (Lipinski definition) is 6. The van der Waals surface area contributed by atoms with Crippen molar-refractivity contribution in [3.8, 4) is 0 Å². The minimum absolute atomic E-state index is 0.329. The van der Waals surface area contributed by atoms with Crippen molar-refractivity contribution < 1.29 is 14.3 Å². The fourth-order valence-corrected chi connectivity index (χ4v) is 4.56. The van der Waals surface area contributed by atoms with E-state index in [1.165, 1.54) is 0 Å². The summed E-state index contributed by atoms with van der Waals surface area (Å²) in [5.74, 6) is -0.279. The van der Waals surface area contributed by atoms with Crippen LogP contribution in [0.4, 0.5) is 0 Å². The number of esters is 1. The monoisotopic (exact) mass is 412 g/mol. The molecule has 0 saturated carbocycles. The molecule has 3 aromatic rings. The number of amides is 1. The summed E-state index contributed by atoms with van der Waals surface area (Å²) in [6.45, 7) is 5.42. The third-order valence-corrected chi connectivity index (χ3v) is 6.16. The highest BCUT2D eigenvalue weighted by Gasteiger charge is 2.20. The number of carbonyl (C=O) groups is 2. The molecule has 1 amide bonds. The highest BCUT2D eigenvalue weighted by atomic mass is 32.2. The highest BCUT2D eigenvalue weighted by Crippen LogP contribution is 2.32. The lowest BCUT2D eigenvalue weighted by Gasteiger charge is -2.14. The van der Waals surface area contributed by atoms with Crippen LogP contribution in [0.3, 0.4) is 0 Å². The minimum atomic E-state index is -0.877. The predicted octanol–water partition coefficient (Wildman–Crippen LogP) is 4.44. The van der Waals surface area contributed by atoms with Crippen LogP contribution in [-0.2, 0) is 15.3 Å². The van der Waals surface area contributed by atoms with E-state index >= 15 is 0 Å². The number of hydrogen-bond donors (Lipinski definition) is 1. The highest BCUT2D eigenvalue weighted by molar-refractivity contribution is 8.00. The molecule has 5 nitrogen and oxygen atoms in total. The van der Waals surface area contributed by atoms with Gasteiger partial charge in [-0.1, -0.05) is 48.2 Å². The Morgan fingerprint density at radius 3 is 2.79 bits per heavy atom. The molecule has 1 heterocycles. The van der Waals surface area contributed by atoms with Gasteiger partial charge in [-0.2, -0.15) is 0 Å². The van der Waals surface area contributed by atoms with Gasteiger partial charge in [-0.25, -0.2) is 9.78 Å². The SMILES string of the molecule is C=CCNC(=O)[C@H](C)OC(=O)c1ccccc1CSc1nc2ccccc2s1. The van der Waals surface area contributed by atoms with Crippen LogP contribution in [-0.4, -0.2) is 29.5 Å². The summed E-state index contributed by atoms with van der Waals surface area (Å²) < 4.78 is 7.41. The van der Waals surface area contributed by atoms with Gasteiger partial charge < -0.3 is 10.1 Å². The second-order valence-electron chi connectivity index (χ2n) is 5.97. The number of ether oxygens (including phenoxy) is 1. The number of thioether (sulfide) groups is 1. The van der Waals surface area contributed by atoms with Gasteiger partial charge >= 0.3 is 5.97 Å². The Balaban J connectivity index is 1.67. The zero-order valence-corrected chi connectivity index (χ0v) is 17.0. The van der Waals surface area contributed by atoms with Gasteiger partial charge in [0, 0.05) is 12.3 Å². The molecule has 3 rings (SSSR count). The zero-order chi connectivity index (χ0) is 19.9. The maximum absolute atomic E-state index is 12.6. The van der Waals surface area contributed by atoms with Gasteiger partial charge in [0.1, 0.15) is 0 Å². The minimum Gasteiger partial charge on any atom is -0.449 e. The topological polar surface area (TPSA) is 68.3 Å². The average molecular weight is 413 g/mol. The predicted molar refractivity (Wildman–Crippen MR) is 114 cm³/mol. The lowest BCUT2D eigenvalue weighted by molar-refractivity contribution is -0.128. The Morgan fingerprint density at radius 2 is 2.00 bits per heavy atom. The van der Waals surface area contributed by atoms with Crippen LogP contribution < -0.4 is 5.32 Å². The van der Waals surface area contributed by atoms with E-state index in [2.05, 4.69) is 16.9 Å². The standard InChI is InChI=1S/C21H20N2O3S2/c1-3-12-22-19(24)14(2)26-20(25)16-9-5-4-8-15(16)13-27-21-23-17-10-6-7-11-18(17)28-21/h3-11,14H,1,12-13H2,2H3,(H,22,24)/t14-/m0/s1. The second kappa shape index (κ2) is 9.52. The van der Waals surface area contributed by atoms with Crippen molar-refractivity contribution in [2.24, 2.45) is 0 Å². The van der Waals surface area contributed by atoms with E-state index < -0.39 is 12.1 Å². The van der Waals surface area contributed by atoms with Crippen molar-refractivity contribution in [3.05, 3.63) is 72.3 Å². The number of thiazole rings is 1. The van der Waals surface area contributed by atoms with Gasteiger partial charge in [0.2, 0.25) is 0 Å². The molecule has 1 N–H and O–H groups in total. The lowest BCUT2D eigenvalue weighted by Crippen LogP contribution is -2.36. The van der Waals surface area contributed by atoms with Gasteiger partial charge in [-0.15, -0.1) is 17.9 Å². The van der Waals surface area contributed by atoms with Crippen molar-refractivity contribution in [2.45, 2.75) is 23.1 Å². The first-order valence-electron chi connectivity index (χ1n) is 8.74. The van der Waals surface area contributed by atoms with Gasteiger partial charge in [0.25, 0.3) is 5.91 Å². The normalized spacial score (nSPS) is 11.8. The lowest BCUT2D eigenvalue weighted by atomic mass is 10.1. The summed E-state index contributed by atoms with van der Waals surface area (Å²) in [5.41, 5.74) is 2.27. The smallest absolute Gasteiger partial charge is 0.339 e. The quantitative estimate of drug-likeness (QED) is 0.337. The van der Waals surface area contributed by atoms with E-state index in [1.54, 1.807) is 48.2 Å². The van der Waals surface area contributed by atoms with Crippen LogP contribution >= 0.6 is 23.1 Å². The molecule has 0 aliphatic carbocycles. The number of benzene rings is 2. The first-order valence-corrected chi connectivity index (χ1v) is 10.5. The van der Waals surface area contributed by atoms with Crippen LogP contribution in [0.15, 0.2) is 65.5 Å². The maximum atomic E-state index is 12.6. The molecule has 0 spiro atoms. The molecule has 1 atom stereocenters. The molecule has 144 valence electrons. The average Bonchev–Trinajstić information content (AvgIpc) is 3.13. The molecule has 0 unspecified atom stereocenters. The molecule has 1 aromatic heterocycles. The molecule has 0 bridgehead atoms. The molecule has 0 aliphatic rings. The Kier molecular flexibility index (Phi) is 6.84. The van der Waals surface area contributed by atoms with E-state index in [1.807, 2.05) is 36.4 Å². The van der Waals surface area contributed by atoms with Crippen molar-refractivity contribution in [1.82, 2.24) is 10.3 Å². The van der Waals surface area contributed by atoms with Crippen LogP contribution in [0.1, 0.15) is 22.8 Å². The third kappa shape index (κ3) is 4.99. The fourth-order valence-electron chi connectivity index (χ4n) is 2.49. The molecule has 0 aliphatic heterocycles. The van der Waals surface area contributed by atoms with Gasteiger partial charge in [-0.05, 0) is 30.7 Å². The molecular weight excluding hydrogens is 392 g/mol. The molecule has 2 aromatic carbocycles. The van der Waals surface area contributed by atoms with E-state index in [4.69, 9.17) is 4.74 Å². The fraction of sp³-hybridized carbons (Fsp3) is 0.190. The van der Waals surface area contributed by atoms with Gasteiger partial charge in [0.05, 0.1) is 15.8 Å². The number of aromatic nitrogens is 1. The zero-order valence-electron chi connectivity index (χ0n) is 15.4. The maximum Gasteiger partial charge on any atom is 0.339 e. The number of fused-ring (bicyclic) bond motifs is 1. The summed E-state index contributed by atoms with van der Waals surface area (Å²) in [4.78, 5) is 29.1. The molecule has 0 fully saturated rings. The van der Waals surface area contributed by atoms with Crippen molar-refractivity contribution in [2.75, 3.05) is 6.54 Å². The molecule has 0 saturated heterocycles. The summed E-state index contributed by atoms with van der Waals surface area (Å²) in [5, 5.41) is 2.62. The Bertz CT molecular complexity index is 967. The van der Waals surface area contributed by atoms with E-state index in [0.717, 1.165) is 20.1 Å². The molecule has 0 radical (unpaired) electrons. The third-order valence-electron chi connectivity index (χ3n) is 3.94. The largest absolute Gasteiger partial charge is 0.449 e. The Labute approximate surface area is 171 Å². The van der Waals surface area contributed by atoms with E-state index in [-0.39, 0.29) is 5.91 Å². The first-order chi connectivity index (χ1) is 13.6. The first kappa shape index (κ1) is 20.1. The summed E-state index contributed by atoms with van der Waals surface area (Å²) >= 11 is 3.20. The van der Waals surface area contributed by atoms with Gasteiger partial charge in [0.15, 0.2) is 10.4 Å². The van der Waals surface area contributed by atoms with Gasteiger partial charge in [-0.3, -0.25) is 4.79 Å². The van der Waals surface area contributed by atoms with Crippen LogP contribution in [0.2, 0.25) is 0 Å². The van der Waals surface area contributed by atoms with E-state index in [0.29, 0.717) is 17.9 Å². The van der Waals surface area contributed by atoms with E-state index in [9.17, 15) is 9.59 Å². The number of para-hydroxylation sites is 1. The second-order valence-corrected chi connectivity index (χ2v) is 8.23. The number of nitrogens with one attached hydrogen (secondary N) is 1.